The van der Waals surface area contributed by atoms with Gasteiger partial charge in [0.15, 0.2) is 6.04 Å². The van der Waals surface area contributed by atoms with Crippen LogP contribution < -0.4 is 5.32 Å². The van der Waals surface area contributed by atoms with E-state index in [9.17, 15) is 22.8 Å². The standard InChI is InChI=1S/C10H12N4O6S2/c1-22(19,20)14-3-2-13(10(14)18)9(17)12-7(8(15)16)6-4-21-5-11-6/h4-5,7H,2-3H2,1H3,(H,12,17)(H,15,16). The molecule has 1 aliphatic rings. The topological polar surface area (TPSA) is 137 Å². The van der Waals surface area contributed by atoms with Gasteiger partial charge in [-0.3, -0.25) is 0 Å². The Morgan fingerprint density at radius 3 is 2.59 bits per heavy atom. The van der Waals surface area contributed by atoms with Gasteiger partial charge in [-0.15, -0.1) is 11.3 Å². The van der Waals surface area contributed by atoms with Crippen LogP contribution in [0, 0.1) is 0 Å². The summed E-state index contributed by atoms with van der Waals surface area (Å²) in [5.74, 6) is -1.34. The van der Waals surface area contributed by atoms with Crippen LogP contribution in [0.1, 0.15) is 11.7 Å². The Hall–Kier alpha value is -2.21. The summed E-state index contributed by atoms with van der Waals surface area (Å²) >= 11 is 1.16. The van der Waals surface area contributed by atoms with E-state index in [1.165, 1.54) is 10.9 Å². The summed E-state index contributed by atoms with van der Waals surface area (Å²) in [6.07, 6.45) is 0.849. The fourth-order valence-electron chi connectivity index (χ4n) is 1.84. The lowest BCUT2D eigenvalue weighted by Crippen LogP contribution is -2.46. The number of nitrogens with one attached hydrogen (secondary N) is 1. The van der Waals surface area contributed by atoms with E-state index in [-0.39, 0.29) is 18.8 Å². The van der Waals surface area contributed by atoms with Crippen LogP contribution in [0.25, 0.3) is 0 Å². The van der Waals surface area contributed by atoms with Crippen LogP contribution in [0.4, 0.5) is 9.59 Å². The third-order valence-electron chi connectivity index (χ3n) is 2.88. The van der Waals surface area contributed by atoms with E-state index >= 15 is 0 Å². The van der Waals surface area contributed by atoms with Crippen molar-refractivity contribution in [2.45, 2.75) is 6.04 Å². The number of amides is 4. The fraction of sp³-hybridized carbons (Fsp3) is 0.400. The minimum absolute atomic E-state index is 0.123. The van der Waals surface area contributed by atoms with E-state index in [1.54, 1.807) is 0 Å². The number of rotatable bonds is 4. The van der Waals surface area contributed by atoms with Gasteiger partial charge in [0.2, 0.25) is 10.0 Å². The molecule has 0 bridgehead atoms. The Bertz CT molecular complexity index is 701. The average Bonchev–Trinajstić information content (AvgIpc) is 3.03. The summed E-state index contributed by atoms with van der Waals surface area (Å²) in [7, 11) is -3.77. The second-order valence-electron chi connectivity index (χ2n) is 4.40. The normalized spacial score (nSPS) is 16.7. The van der Waals surface area contributed by atoms with Crippen molar-refractivity contribution in [2.24, 2.45) is 0 Å². The van der Waals surface area contributed by atoms with Crippen molar-refractivity contribution in [1.29, 1.82) is 0 Å². The van der Waals surface area contributed by atoms with Crippen LogP contribution in [0.5, 0.6) is 0 Å². The third kappa shape index (κ3) is 3.17. The van der Waals surface area contributed by atoms with Gasteiger partial charge in [-0.25, -0.2) is 37.0 Å². The van der Waals surface area contributed by atoms with Crippen molar-refractivity contribution in [3.8, 4) is 0 Å². The fourth-order valence-corrected chi connectivity index (χ4v) is 3.22. The molecule has 1 saturated heterocycles. The van der Waals surface area contributed by atoms with Crippen molar-refractivity contribution in [2.75, 3.05) is 19.3 Å². The maximum atomic E-state index is 12.0. The van der Waals surface area contributed by atoms with Gasteiger partial charge in [0, 0.05) is 5.38 Å². The lowest BCUT2D eigenvalue weighted by Gasteiger charge is -2.18. The molecule has 1 fully saturated rings. The zero-order valence-electron chi connectivity index (χ0n) is 11.3. The number of carboxylic acid groups (broad SMARTS) is 1. The Morgan fingerprint density at radius 1 is 1.45 bits per heavy atom. The molecule has 10 nitrogen and oxygen atoms in total. The smallest absolute Gasteiger partial charge is 0.341 e. The number of carbonyl (C=O) groups excluding carboxylic acids is 2. The first-order chi connectivity index (χ1) is 10.2. The maximum Gasteiger partial charge on any atom is 0.341 e. The molecule has 0 saturated carbocycles. The van der Waals surface area contributed by atoms with Crippen LogP contribution in [-0.4, -0.2) is 65.1 Å². The van der Waals surface area contributed by atoms with Crippen molar-refractivity contribution < 1.29 is 27.9 Å². The second kappa shape index (κ2) is 5.88. The molecule has 0 aliphatic carbocycles. The maximum absolute atomic E-state index is 12.0. The molecule has 1 aliphatic heterocycles. The molecule has 2 rings (SSSR count). The molecule has 0 aromatic carbocycles. The molecule has 4 amide bonds. The molecule has 0 radical (unpaired) electrons. The Balaban J connectivity index is 2.12. The number of hydrogen-bond acceptors (Lipinski definition) is 7. The lowest BCUT2D eigenvalue weighted by atomic mass is 10.2. The number of aliphatic carboxylic acids is 1. The van der Waals surface area contributed by atoms with E-state index in [1.807, 2.05) is 0 Å². The third-order valence-corrected chi connectivity index (χ3v) is 4.62. The predicted octanol–water partition coefficient (Wildman–Crippen LogP) is -0.324. The number of carboxylic acids is 1. The Kier molecular flexibility index (Phi) is 4.32. The highest BCUT2D eigenvalue weighted by Gasteiger charge is 2.39. The van der Waals surface area contributed by atoms with E-state index < -0.39 is 34.1 Å². The second-order valence-corrected chi connectivity index (χ2v) is 7.03. The highest BCUT2D eigenvalue weighted by molar-refractivity contribution is 7.88. The molecule has 2 heterocycles. The summed E-state index contributed by atoms with van der Waals surface area (Å²) in [6, 6.07) is -3.42. The molecule has 1 atom stereocenters. The van der Waals surface area contributed by atoms with Gasteiger partial charge in [0.1, 0.15) is 0 Å². The van der Waals surface area contributed by atoms with Crippen LogP contribution in [0.15, 0.2) is 10.9 Å². The molecule has 1 unspecified atom stereocenters. The molecule has 1 aromatic heterocycles. The summed E-state index contributed by atoms with van der Waals surface area (Å²) in [6.45, 7) is -0.319. The molecule has 12 heteroatoms. The number of sulfonamides is 1. The minimum atomic E-state index is -3.77. The first kappa shape index (κ1) is 16.2. The number of hydrogen-bond donors (Lipinski definition) is 2. The zero-order chi connectivity index (χ0) is 16.5. The Morgan fingerprint density at radius 2 is 2.14 bits per heavy atom. The molecule has 22 heavy (non-hydrogen) atoms. The van der Waals surface area contributed by atoms with Crippen molar-refractivity contribution >= 4 is 39.4 Å². The highest BCUT2D eigenvalue weighted by Crippen LogP contribution is 2.16. The van der Waals surface area contributed by atoms with Crippen LogP contribution in [0.3, 0.4) is 0 Å². The van der Waals surface area contributed by atoms with Crippen LogP contribution in [0.2, 0.25) is 0 Å². The van der Waals surface area contributed by atoms with Gasteiger partial charge < -0.3 is 10.4 Å². The monoisotopic (exact) mass is 348 g/mol. The van der Waals surface area contributed by atoms with Gasteiger partial charge in [0.05, 0.1) is 30.5 Å². The quantitative estimate of drug-likeness (QED) is 0.760. The highest BCUT2D eigenvalue weighted by atomic mass is 32.2. The summed E-state index contributed by atoms with van der Waals surface area (Å²) < 4.78 is 23.3. The summed E-state index contributed by atoms with van der Waals surface area (Å²) in [5.41, 5.74) is 1.53. The van der Waals surface area contributed by atoms with E-state index in [2.05, 4.69) is 10.3 Å². The number of nitrogens with zero attached hydrogens (tertiary/aromatic N) is 3. The van der Waals surface area contributed by atoms with E-state index in [4.69, 9.17) is 5.11 Å². The van der Waals surface area contributed by atoms with Gasteiger partial charge in [-0.1, -0.05) is 0 Å². The molecular formula is C10H12N4O6S2. The minimum Gasteiger partial charge on any atom is -0.479 e. The number of imide groups is 1. The number of urea groups is 2. The zero-order valence-corrected chi connectivity index (χ0v) is 12.9. The van der Waals surface area contributed by atoms with Crippen LogP contribution >= 0.6 is 11.3 Å². The summed E-state index contributed by atoms with van der Waals surface area (Å²) in [5, 5.41) is 12.7. The Labute approximate surface area is 129 Å². The van der Waals surface area contributed by atoms with Crippen LogP contribution in [-0.2, 0) is 14.8 Å². The van der Waals surface area contributed by atoms with Gasteiger partial charge in [-0.2, -0.15) is 0 Å². The lowest BCUT2D eigenvalue weighted by molar-refractivity contribution is -0.139. The molecule has 120 valence electrons. The van der Waals surface area contributed by atoms with Gasteiger partial charge in [0.25, 0.3) is 0 Å². The van der Waals surface area contributed by atoms with Gasteiger partial charge >= 0.3 is 18.0 Å². The van der Waals surface area contributed by atoms with E-state index in [0.717, 1.165) is 17.6 Å². The first-order valence-corrected chi connectivity index (χ1v) is 8.71. The first-order valence-electron chi connectivity index (χ1n) is 5.92. The number of aromatic nitrogens is 1. The van der Waals surface area contributed by atoms with E-state index in [0.29, 0.717) is 9.21 Å². The summed E-state index contributed by atoms with van der Waals surface area (Å²) in [4.78, 5) is 39.5. The molecule has 2 N–H and O–H groups in total. The van der Waals surface area contributed by atoms with Crippen molar-refractivity contribution in [1.82, 2.24) is 19.5 Å². The van der Waals surface area contributed by atoms with Gasteiger partial charge in [-0.05, 0) is 0 Å². The van der Waals surface area contributed by atoms with Crippen molar-refractivity contribution in [3.05, 3.63) is 16.6 Å². The average molecular weight is 348 g/mol. The SMILES string of the molecule is CS(=O)(=O)N1CCN(C(=O)NC(C(=O)O)c2cscn2)C1=O. The number of carbonyl (C=O) groups is 3. The largest absolute Gasteiger partial charge is 0.479 e. The predicted molar refractivity (Wildman–Crippen MR) is 74.7 cm³/mol. The molecule has 0 spiro atoms. The number of thiazole rings is 1. The van der Waals surface area contributed by atoms with Crippen molar-refractivity contribution in [3.63, 3.8) is 0 Å². The molecular weight excluding hydrogens is 336 g/mol. The molecule has 1 aromatic rings.